The lowest BCUT2D eigenvalue weighted by Gasteiger charge is -2.06. The van der Waals surface area contributed by atoms with Gasteiger partial charge >= 0.3 is 5.43 Å². The van der Waals surface area contributed by atoms with Crippen molar-refractivity contribution >= 4 is 38.8 Å². The van der Waals surface area contributed by atoms with Crippen molar-refractivity contribution in [3.8, 4) is 0 Å². The summed E-state index contributed by atoms with van der Waals surface area (Å²) in [6.07, 6.45) is 0. The standard InChI is InChI=1S/C14H10ClNO2/c15-14(17)18-9-16-12-7-3-1-5-10(12)11-6-2-4-8-13(11)16/h1-8H,9H2. The van der Waals surface area contributed by atoms with Crippen molar-refractivity contribution in [3.63, 3.8) is 0 Å². The second kappa shape index (κ2) is 4.35. The number of hydrogen-bond donors (Lipinski definition) is 0. The highest BCUT2D eigenvalue weighted by Crippen LogP contribution is 2.28. The van der Waals surface area contributed by atoms with Crippen LogP contribution in [0.15, 0.2) is 48.5 Å². The van der Waals surface area contributed by atoms with E-state index in [9.17, 15) is 4.79 Å². The number of hydrogen-bond acceptors (Lipinski definition) is 2. The van der Waals surface area contributed by atoms with Gasteiger partial charge in [0.25, 0.3) is 0 Å². The minimum atomic E-state index is -0.795. The molecular weight excluding hydrogens is 250 g/mol. The highest BCUT2D eigenvalue weighted by molar-refractivity contribution is 6.61. The van der Waals surface area contributed by atoms with Crippen LogP contribution in [0.3, 0.4) is 0 Å². The lowest BCUT2D eigenvalue weighted by Crippen LogP contribution is -2.03. The van der Waals surface area contributed by atoms with Gasteiger partial charge in [0.15, 0.2) is 6.73 Å². The summed E-state index contributed by atoms with van der Waals surface area (Å²) in [7, 11) is 0. The quantitative estimate of drug-likeness (QED) is 0.648. The van der Waals surface area contributed by atoms with Gasteiger partial charge in [-0.15, -0.1) is 0 Å². The van der Waals surface area contributed by atoms with Crippen molar-refractivity contribution < 1.29 is 9.53 Å². The fraction of sp³-hybridized carbons (Fsp3) is 0.0714. The van der Waals surface area contributed by atoms with E-state index in [0.29, 0.717) is 0 Å². The molecule has 0 saturated carbocycles. The summed E-state index contributed by atoms with van der Waals surface area (Å²) >= 11 is 5.22. The van der Waals surface area contributed by atoms with E-state index in [1.54, 1.807) is 0 Å². The van der Waals surface area contributed by atoms with E-state index in [4.69, 9.17) is 16.3 Å². The highest BCUT2D eigenvalue weighted by atomic mass is 35.5. The molecule has 2 aromatic carbocycles. The van der Waals surface area contributed by atoms with Crippen molar-refractivity contribution in [1.29, 1.82) is 0 Å². The molecule has 18 heavy (non-hydrogen) atoms. The van der Waals surface area contributed by atoms with Crippen LogP contribution in [0.4, 0.5) is 4.79 Å². The van der Waals surface area contributed by atoms with Crippen molar-refractivity contribution in [2.24, 2.45) is 0 Å². The number of fused-ring (bicyclic) bond motifs is 3. The molecule has 0 aliphatic heterocycles. The zero-order valence-corrected chi connectivity index (χ0v) is 10.2. The molecule has 0 unspecified atom stereocenters. The van der Waals surface area contributed by atoms with Crippen LogP contribution in [0.5, 0.6) is 0 Å². The molecule has 1 heterocycles. The number of para-hydroxylation sites is 2. The Balaban J connectivity index is 2.27. The number of ether oxygens (including phenoxy) is 1. The number of aromatic nitrogens is 1. The Morgan fingerprint density at radius 2 is 1.50 bits per heavy atom. The maximum Gasteiger partial charge on any atom is 0.405 e. The highest BCUT2D eigenvalue weighted by Gasteiger charge is 2.10. The summed E-state index contributed by atoms with van der Waals surface area (Å²) in [5.41, 5.74) is 1.25. The minimum Gasteiger partial charge on any atom is -0.432 e. The summed E-state index contributed by atoms with van der Waals surface area (Å²) < 4.78 is 6.83. The summed E-state index contributed by atoms with van der Waals surface area (Å²) in [5, 5.41) is 2.28. The Bertz CT molecular complexity index is 680. The molecule has 0 spiro atoms. The molecule has 3 aromatic rings. The molecule has 4 heteroatoms. The Labute approximate surface area is 109 Å². The Kier molecular flexibility index (Phi) is 2.68. The number of carbonyl (C=O) groups excluding carboxylic acids is 1. The molecular formula is C14H10ClNO2. The van der Waals surface area contributed by atoms with Crippen LogP contribution < -0.4 is 0 Å². The molecule has 0 bridgehead atoms. The fourth-order valence-electron chi connectivity index (χ4n) is 2.26. The molecule has 3 nitrogen and oxygen atoms in total. The van der Waals surface area contributed by atoms with Crippen molar-refractivity contribution in [2.75, 3.05) is 0 Å². The van der Waals surface area contributed by atoms with Gasteiger partial charge in [0, 0.05) is 22.4 Å². The van der Waals surface area contributed by atoms with Gasteiger partial charge in [-0.2, -0.15) is 0 Å². The topological polar surface area (TPSA) is 31.2 Å². The molecule has 0 aliphatic carbocycles. The first-order valence-corrected chi connectivity index (χ1v) is 5.93. The number of rotatable bonds is 2. The van der Waals surface area contributed by atoms with Crippen LogP contribution in [-0.2, 0) is 11.5 Å². The minimum absolute atomic E-state index is 0.121. The van der Waals surface area contributed by atoms with Gasteiger partial charge in [0.1, 0.15) is 0 Å². The Morgan fingerprint density at radius 3 is 2.00 bits per heavy atom. The van der Waals surface area contributed by atoms with Gasteiger partial charge in [-0.1, -0.05) is 36.4 Å². The molecule has 1 aromatic heterocycles. The first-order chi connectivity index (χ1) is 8.77. The molecule has 0 atom stereocenters. The molecule has 3 rings (SSSR count). The predicted octanol–water partition coefficient (Wildman–Crippen LogP) is 4.13. The third-order valence-corrected chi connectivity index (χ3v) is 3.10. The van der Waals surface area contributed by atoms with Crippen LogP contribution >= 0.6 is 11.6 Å². The van der Waals surface area contributed by atoms with Crippen molar-refractivity contribution in [3.05, 3.63) is 48.5 Å². The summed E-state index contributed by atoms with van der Waals surface area (Å²) in [6.45, 7) is 0.121. The van der Waals surface area contributed by atoms with Crippen molar-refractivity contribution in [2.45, 2.75) is 6.73 Å². The molecule has 0 fully saturated rings. The smallest absolute Gasteiger partial charge is 0.405 e. The van der Waals surface area contributed by atoms with E-state index in [0.717, 1.165) is 21.8 Å². The van der Waals surface area contributed by atoms with E-state index >= 15 is 0 Å². The zero-order chi connectivity index (χ0) is 12.5. The average Bonchev–Trinajstić information content (AvgIpc) is 2.71. The third kappa shape index (κ3) is 1.73. The summed E-state index contributed by atoms with van der Waals surface area (Å²) in [6, 6.07) is 16.0. The normalized spacial score (nSPS) is 10.9. The molecule has 90 valence electrons. The van der Waals surface area contributed by atoms with Gasteiger partial charge in [0.05, 0.1) is 11.0 Å². The molecule has 0 amide bonds. The van der Waals surface area contributed by atoms with Gasteiger partial charge in [-0.3, -0.25) is 0 Å². The van der Waals surface area contributed by atoms with Crippen LogP contribution in [0, 0.1) is 0 Å². The monoisotopic (exact) mass is 259 g/mol. The van der Waals surface area contributed by atoms with E-state index in [-0.39, 0.29) is 6.73 Å². The lowest BCUT2D eigenvalue weighted by atomic mass is 10.2. The molecule has 0 saturated heterocycles. The van der Waals surface area contributed by atoms with E-state index in [1.807, 2.05) is 41.0 Å². The van der Waals surface area contributed by atoms with Crippen LogP contribution in [0.1, 0.15) is 0 Å². The van der Waals surface area contributed by atoms with Crippen molar-refractivity contribution in [1.82, 2.24) is 4.57 Å². The second-order valence-electron chi connectivity index (χ2n) is 3.97. The third-order valence-electron chi connectivity index (χ3n) is 2.99. The second-order valence-corrected chi connectivity index (χ2v) is 4.28. The maximum absolute atomic E-state index is 10.7. The average molecular weight is 260 g/mol. The van der Waals surface area contributed by atoms with Gasteiger partial charge < -0.3 is 9.30 Å². The Morgan fingerprint density at radius 1 is 1.00 bits per heavy atom. The largest absolute Gasteiger partial charge is 0.432 e. The fourth-order valence-corrected chi connectivity index (χ4v) is 2.31. The predicted molar refractivity (Wildman–Crippen MR) is 71.8 cm³/mol. The summed E-state index contributed by atoms with van der Waals surface area (Å²) in [5.74, 6) is 0. The van der Waals surface area contributed by atoms with Gasteiger partial charge in [0.2, 0.25) is 0 Å². The zero-order valence-electron chi connectivity index (χ0n) is 9.47. The maximum atomic E-state index is 10.7. The first kappa shape index (κ1) is 11.1. The lowest BCUT2D eigenvalue weighted by molar-refractivity contribution is 0.143. The molecule has 0 radical (unpaired) electrons. The molecule has 0 aliphatic rings. The van der Waals surface area contributed by atoms with E-state index in [2.05, 4.69) is 12.1 Å². The first-order valence-electron chi connectivity index (χ1n) is 5.55. The van der Waals surface area contributed by atoms with Gasteiger partial charge in [-0.25, -0.2) is 4.79 Å². The van der Waals surface area contributed by atoms with E-state index in [1.165, 1.54) is 0 Å². The van der Waals surface area contributed by atoms with E-state index < -0.39 is 5.43 Å². The molecule has 0 N–H and O–H groups in total. The number of carbonyl (C=O) groups is 1. The van der Waals surface area contributed by atoms with Crippen LogP contribution in [0.2, 0.25) is 0 Å². The number of nitrogens with zero attached hydrogens (tertiary/aromatic N) is 1. The summed E-state index contributed by atoms with van der Waals surface area (Å²) in [4.78, 5) is 10.7. The number of benzene rings is 2. The SMILES string of the molecule is O=C(Cl)OCn1c2ccccc2c2ccccc21. The van der Waals surface area contributed by atoms with Gasteiger partial charge in [-0.05, 0) is 12.1 Å². The van der Waals surface area contributed by atoms with Crippen LogP contribution in [-0.4, -0.2) is 10.00 Å². The Hall–Kier alpha value is -2.00. The number of halogens is 1. The van der Waals surface area contributed by atoms with Crippen LogP contribution in [0.25, 0.3) is 21.8 Å².